The fraction of sp³-hybridized carbons (Fsp3) is 0.303. The van der Waals surface area contributed by atoms with E-state index in [-0.39, 0.29) is 17.6 Å². The number of aryl methyl sites for hydroxylation is 1. The average Bonchev–Trinajstić information content (AvgIpc) is 3.48. The number of rotatable bonds is 6. The Hall–Kier alpha value is -3.88. The van der Waals surface area contributed by atoms with E-state index in [9.17, 15) is 9.90 Å². The number of carboxylic acid groups (broad SMARTS) is 1. The van der Waals surface area contributed by atoms with Crippen molar-refractivity contribution < 1.29 is 9.90 Å². The largest absolute Gasteiger partial charge is 0.478 e. The summed E-state index contributed by atoms with van der Waals surface area (Å²) in [5, 5.41) is 14.3. The number of halogens is 1. The summed E-state index contributed by atoms with van der Waals surface area (Å²) in [4.78, 5) is 20.7. The molecule has 6 rings (SSSR count). The van der Waals surface area contributed by atoms with Gasteiger partial charge in [-0.2, -0.15) is 0 Å². The van der Waals surface area contributed by atoms with Crippen molar-refractivity contribution in [3.63, 3.8) is 0 Å². The maximum atomic E-state index is 11.4. The lowest BCUT2D eigenvalue weighted by Gasteiger charge is -2.33. The predicted molar refractivity (Wildman–Crippen MR) is 172 cm³/mol. The molecule has 42 heavy (non-hydrogen) atoms. The molecule has 2 fully saturated rings. The molecular formula is C33H34ClN5O2S. The molecule has 2 aliphatic heterocycles. The summed E-state index contributed by atoms with van der Waals surface area (Å²) < 4.78 is 2.16. The third-order valence-corrected chi connectivity index (χ3v) is 9.21. The second-order valence-electron chi connectivity index (χ2n) is 11.3. The molecule has 0 amide bonds. The Labute approximate surface area is 256 Å². The van der Waals surface area contributed by atoms with E-state index in [0.717, 1.165) is 58.7 Å². The number of thiocarbonyl (C=S) groups is 1. The van der Waals surface area contributed by atoms with Crippen LogP contribution in [0, 0.1) is 19.8 Å². The van der Waals surface area contributed by atoms with Gasteiger partial charge in [0.2, 0.25) is 0 Å². The lowest BCUT2D eigenvalue weighted by Crippen LogP contribution is -2.33. The third kappa shape index (κ3) is 5.14. The van der Waals surface area contributed by atoms with Gasteiger partial charge in [0.25, 0.3) is 0 Å². The molecule has 7 nitrogen and oxygen atoms in total. The van der Waals surface area contributed by atoms with Crippen molar-refractivity contribution in [2.24, 2.45) is 5.92 Å². The van der Waals surface area contributed by atoms with E-state index in [1.54, 1.807) is 18.3 Å². The van der Waals surface area contributed by atoms with E-state index in [0.29, 0.717) is 10.1 Å². The summed E-state index contributed by atoms with van der Waals surface area (Å²) in [7, 11) is 0. The SMILES string of the molecule is Cc1cc([C@@H]2[C@@H](c3ccccn3)NC(=S)N2c2ccc(N3CCC(C)CC3)c(Cl)c2)c(C)n1-c1ccc(C(=O)O)cc1. The zero-order valence-electron chi connectivity index (χ0n) is 23.9. The fourth-order valence-electron chi connectivity index (χ4n) is 6.34. The second-order valence-corrected chi connectivity index (χ2v) is 12.1. The van der Waals surface area contributed by atoms with E-state index in [2.05, 4.69) is 58.7 Å². The summed E-state index contributed by atoms with van der Waals surface area (Å²) in [6, 6.07) is 21.0. The van der Waals surface area contributed by atoms with Gasteiger partial charge in [0.15, 0.2) is 5.11 Å². The number of pyridine rings is 1. The normalized spacial score (nSPS) is 19.3. The van der Waals surface area contributed by atoms with Crippen molar-refractivity contribution in [3.8, 4) is 5.69 Å². The molecule has 0 saturated carbocycles. The maximum Gasteiger partial charge on any atom is 0.335 e. The Kier molecular flexibility index (Phi) is 7.68. The van der Waals surface area contributed by atoms with Crippen molar-refractivity contribution in [2.75, 3.05) is 22.9 Å². The first-order chi connectivity index (χ1) is 20.2. The van der Waals surface area contributed by atoms with Crippen LogP contribution in [0.25, 0.3) is 5.69 Å². The Balaban J connectivity index is 1.42. The zero-order valence-corrected chi connectivity index (χ0v) is 25.5. The highest BCUT2D eigenvalue weighted by Crippen LogP contribution is 2.45. The van der Waals surface area contributed by atoms with Crippen LogP contribution in [-0.4, -0.2) is 38.8 Å². The highest BCUT2D eigenvalue weighted by Gasteiger charge is 2.42. The highest BCUT2D eigenvalue weighted by molar-refractivity contribution is 7.80. The molecule has 0 spiro atoms. The first kappa shape index (κ1) is 28.2. The summed E-state index contributed by atoms with van der Waals surface area (Å²) in [6.07, 6.45) is 4.14. The number of hydrogen-bond acceptors (Lipinski definition) is 4. The van der Waals surface area contributed by atoms with Gasteiger partial charge in [-0.25, -0.2) is 4.79 Å². The molecule has 2 atom stereocenters. The molecule has 2 N–H and O–H groups in total. The molecule has 9 heteroatoms. The Morgan fingerprint density at radius 2 is 1.74 bits per heavy atom. The first-order valence-electron chi connectivity index (χ1n) is 14.3. The molecule has 0 unspecified atom stereocenters. The zero-order chi connectivity index (χ0) is 29.5. The number of hydrogen-bond donors (Lipinski definition) is 2. The molecule has 4 aromatic rings. The van der Waals surface area contributed by atoms with Crippen LogP contribution in [0.5, 0.6) is 0 Å². The second kappa shape index (κ2) is 11.4. The Morgan fingerprint density at radius 3 is 2.38 bits per heavy atom. The van der Waals surface area contributed by atoms with Crippen molar-refractivity contribution in [1.82, 2.24) is 14.9 Å². The van der Waals surface area contributed by atoms with Crippen LogP contribution in [0.1, 0.15) is 64.9 Å². The van der Waals surface area contributed by atoms with Crippen molar-refractivity contribution in [2.45, 2.75) is 45.7 Å². The molecule has 0 bridgehead atoms. The lowest BCUT2D eigenvalue weighted by molar-refractivity contribution is 0.0697. The molecule has 2 aromatic heterocycles. The quantitative estimate of drug-likeness (QED) is 0.226. The monoisotopic (exact) mass is 599 g/mol. The topological polar surface area (TPSA) is 73.6 Å². The maximum absolute atomic E-state index is 11.4. The lowest BCUT2D eigenvalue weighted by atomic mass is 9.96. The fourth-order valence-corrected chi connectivity index (χ4v) is 6.98. The van der Waals surface area contributed by atoms with Gasteiger partial charge in [-0.3, -0.25) is 4.98 Å². The van der Waals surface area contributed by atoms with Crippen LogP contribution in [-0.2, 0) is 0 Å². The standard InChI is InChI=1S/C33H34ClN5O2S/c1-20-13-16-37(17-14-20)29-12-11-25(19-27(29)34)39-31(30(36-33(39)42)28-6-4-5-15-35-28)26-18-21(2)38(22(26)3)24-9-7-23(8-10-24)32(40)41/h4-12,15,18-20,30-31H,13-14,16-17H2,1-3H3,(H,36,42)(H,40,41)/t30-,31-/m1/s1. The summed E-state index contributed by atoms with van der Waals surface area (Å²) in [5.74, 6) is -0.201. The van der Waals surface area contributed by atoms with Gasteiger partial charge in [0.1, 0.15) is 0 Å². The summed E-state index contributed by atoms with van der Waals surface area (Å²) in [5.41, 5.74) is 7.22. The predicted octanol–water partition coefficient (Wildman–Crippen LogP) is 7.25. The van der Waals surface area contributed by atoms with Gasteiger partial charge in [0.05, 0.1) is 34.1 Å². The van der Waals surface area contributed by atoms with Gasteiger partial charge in [-0.15, -0.1) is 0 Å². The molecule has 0 radical (unpaired) electrons. The number of aromatic carboxylic acids is 1. The average molecular weight is 600 g/mol. The molecule has 2 aromatic carbocycles. The van der Waals surface area contributed by atoms with Crippen LogP contribution >= 0.6 is 23.8 Å². The number of anilines is 2. The number of nitrogens with zero attached hydrogens (tertiary/aromatic N) is 4. The Bertz CT molecular complexity index is 1630. The molecule has 0 aliphatic carbocycles. The van der Waals surface area contributed by atoms with Crippen molar-refractivity contribution in [3.05, 3.63) is 106 Å². The minimum atomic E-state index is -0.942. The first-order valence-corrected chi connectivity index (χ1v) is 15.1. The number of carbonyl (C=O) groups is 1. The van der Waals surface area contributed by atoms with Gasteiger partial charge in [-0.1, -0.05) is 24.6 Å². The van der Waals surface area contributed by atoms with Gasteiger partial charge < -0.3 is 24.8 Å². The summed E-state index contributed by atoms with van der Waals surface area (Å²) in [6.45, 7) is 8.48. The number of carboxylic acids is 1. The van der Waals surface area contributed by atoms with E-state index in [4.69, 9.17) is 28.8 Å². The molecule has 4 heterocycles. The minimum Gasteiger partial charge on any atom is -0.478 e. The number of aromatic nitrogens is 2. The minimum absolute atomic E-state index is 0.191. The van der Waals surface area contributed by atoms with E-state index in [1.807, 2.05) is 36.4 Å². The smallest absolute Gasteiger partial charge is 0.335 e. The van der Waals surface area contributed by atoms with Gasteiger partial charge in [-0.05, 0) is 111 Å². The summed E-state index contributed by atoms with van der Waals surface area (Å²) >= 11 is 12.9. The van der Waals surface area contributed by atoms with Crippen molar-refractivity contribution >= 4 is 46.3 Å². The van der Waals surface area contributed by atoms with Crippen LogP contribution in [0.2, 0.25) is 5.02 Å². The van der Waals surface area contributed by atoms with Crippen LogP contribution < -0.4 is 15.1 Å². The van der Waals surface area contributed by atoms with Gasteiger partial charge in [0, 0.05) is 42.0 Å². The van der Waals surface area contributed by atoms with Crippen LogP contribution in [0.15, 0.2) is 72.9 Å². The van der Waals surface area contributed by atoms with Crippen molar-refractivity contribution in [1.29, 1.82) is 0 Å². The number of benzene rings is 2. The molecule has 216 valence electrons. The third-order valence-electron chi connectivity index (χ3n) is 8.59. The van der Waals surface area contributed by atoms with Crippen LogP contribution in [0.3, 0.4) is 0 Å². The molecule has 2 saturated heterocycles. The number of piperidine rings is 1. The number of nitrogens with one attached hydrogen (secondary N) is 1. The molecular weight excluding hydrogens is 566 g/mol. The van der Waals surface area contributed by atoms with Gasteiger partial charge >= 0.3 is 5.97 Å². The molecule has 2 aliphatic rings. The van der Waals surface area contributed by atoms with E-state index in [1.165, 1.54) is 12.8 Å². The van der Waals surface area contributed by atoms with E-state index < -0.39 is 5.97 Å². The van der Waals surface area contributed by atoms with E-state index >= 15 is 0 Å². The Morgan fingerprint density at radius 1 is 1.02 bits per heavy atom. The highest BCUT2D eigenvalue weighted by atomic mass is 35.5. The van der Waals surface area contributed by atoms with Crippen LogP contribution in [0.4, 0.5) is 11.4 Å².